The lowest BCUT2D eigenvalue weighted by Crippen LogP contribution is -2.38. The van der Waals surface area contributed by atoms with Gasteiger partial charge >= 0.3 is 0 Å². The van der Waals surface area contributed by atoms with Gasteiger partial charge in [0.15, 0.2) is 0 Å². The molecule has 134 valence electrons. The van der Waals surface area contributed by atoms with Crippen LogP contribution < -0.4 is 5.73 Å². The van der Waals surface area contributed by atoms with Crippen LogP contribution in [0.5, 0.6) is 0 Å². The number of benzene rings is 2. The smallest absolute Gasteiger partial charge is 0.0149 e. The standard InChI is InChI=1S/C24H33N/c1-3-24(25,4-2)16-10-15-23(19-11-6-5-7-12-19)22-17-20-13-8-9-14-21(20)18-22/h5-9,11-14,22-23H,3-4,10,15-18,25H2,1-2H3. The molecule has 0 amide bonds. The maximum atomic E-state index is 6.54. The lowest BCUT2D eigenvalue weighted by Gasteiger charge is -2.29. The van der Waals surface area contributed by atoms with E-state index in [-0.39, 0.29) is 5.54 Å². The molecule has 1 aliphatic carbocycles. The molecule has 1 heteroatoms. The average molecular weight is 336 g/mol. The molecule has 2 aromatic rings. The molecule has 3 rings (SSSR count). The van der Waals surface area contributed by atoms with Crippen molar-refractivity contribution in [1.82, 2.24) is 0 Å². The van der Waals surface area contributed by atoms with Crippen LogP contribution in [0, 0.1) is 5.92 Å². The van der Waals surface area contributed by atoms with E-state index in [0.29, 0.717) is 5.92 Å². The highest BCUT2D eigenvalue weighted by Crippen LogP contribution is 2.40. The summed E-state index contributed by atoms with van der Waals surface area (Å²) < 4.78 is 0. The zero-order valence-corrected chi connectivity index (χ0v) is 15.9. The van der Waals surface area contributed by atoms with Crippen LogP contribution in [0.15, 0.2) is 54.6 Å². The van der Waals surface area contributed by atoms with Gasteiger partial charge in [-0.1, -0.05) is 74.9 Å². The van der Waals surface area contributed by atoms with E-state index < -0.39 is 0 Å². The molecule has 0 bridgehead atoms. The van der Waals surface area contributed by atoms with E-state index >= 15 is 0 Å². The molecule has 0 fully saturated rings. The summed E-state index contributed by atoms with van der Waals surface area (Å²) in [6, 6.07) is 20.2. The van der Waals surface area contributed by atoms with Gasteiger partial charge in [0.1, 0.15) is 0 Å². The Labute approximate surface area is 153 Å². The third kappa shape index (κ3) is 4.33. The quantitative estimate of drug-likeness (QED) is 0.641. The van der Waals surface area contributed by atoms with Crippen molar-refractivity contribution in [2.75, 3.05) is 0 Å². The van der Waals surface area contributed by atoms with Crippen LogP contribution >= 0.6 is 0 Å². The van der Waals surface area contributed by atoms with E-state index in [0.717, 1.165) is 25.2 Å². The van der Waals surface area contributed by atoms with E-state index in [1.54, 1.807) is 11.1 Å². The molecule has 1 nitrogen and oxygen atoms in total. The summed E-state index contributed by atoms with van der Waals surface area (Å²) >= 11 is 0. The maximum Gasteiger partial charge on any atom is 0.0149 e. The first-order valence-corrected chi connectivity index (χ1v) is 10.1. The van der Waals surface area contributed by atoms with Gasteiger partial charge in [-0.05, 0) is 67.1 Å². The minimum absolute atomic E-state index is 0.0277. The summed E-state index contributed by atoms with van der Waals surface area (Å²) in [7, 11) is 0. The Morgan fingerprint density at radius 3 is 2.04 bits per heavy atom. The van der Waals surface area contributed by atoms with Gasteiger partial charge in [-0.3, -0.25) is 0 Å². The van der Waals surface area contributed by atoms with Crippen molar-refractivity contribution in [2.45, 2.75) is 70.3 Å². The van der Waals surface area contributed by atoms with Crippen LogP contribution in [-0.4, -0.2) is 5.54 Å². The average Bonchev–Trinajstić information content (AvgIpc) is 3.09. The zero-order chi connectivity index (χ0) is 17.7. The van der Waals surface area contributed by atoms with Gasteiger partial charge in [0, 0.05) is 5.54 Å². The summed E-state index contributed by atoms with van der Waals surface area (Å²) in [5.41, 5.74) is 11.2. The third-order valence-electron chi connectivity index (χ3n) is 6.48. The molecule has 2 N–H and O–H groups in total. The molecule has 0 saturated carbocycles. The molecule has 0 spiro atoms. The summed E-state index contributed by atoms with van der Waals surface area (Å²) in [5, 5.41) is 0. The van der Waals surface area contributed by atoms with Gasteiger partial charge in [-0.15, -0.1) is 0 Å². The van der Waals surface area contributed by atoms with E-state index in [2.05, 4.69) is 68.4 Å². The van der Waals surface area contributed by atoms with Crippen molar-refractivity contribution < 1.29 is 0 Å². The first-order chi connectivity index (χ1) is 12.1. The van der Waals surface area contributed by atoms with E-state index in [4.69, 9.17) is 5.73 Å². The Hall–Kier alpha value is -1.60. The van der Waals surface area contributed by atoms with Crippen LogP contribution in [0.2, 0.25) is 0 Å². The predicted octanol–water partition coefficient (Wildman–Crippen LogP) is 5.87. The highest BCUT2D eigenvalue weighted by molar-refractivity contribution is 5.34. The summed E-state index contributed by atoms with van der Waals surface area (Å²) in [4.78, 5) is 0. The zero-order valence-electron chi connectivity index (χ0n) is 15.9. The van der Waals surface area contributed by atoms with Crippen molar-refractivity contribution in [3.63, 3.8) is 0 Å². The van der Waals surface area contributed by atoms with Gasteiger partial charge in [0.2, 0.25) is 0 Å². The number of rotatable bonds is 8. The highest BCUT2D eigenvalue weighted by atomic mass is 14.7. The van der Waals surface area contributed by atoms with Gasteiger partial charge in [-0.25, -0.2) is 0 Å². The molecule has 0 saturated heterocycles. The number of hydrogen-bond acceptors (Lipinski definition) is 1. The first-order valence-electron chi connectivity index (χ1n) is 10.1. The molecule has 2 aromatic carbocycles. The molecule has 1 atom stereocenters. The van der Waals surface area contributed by atoms with Gasteiger partial charge in [-0.2, -0.15) is 0 Å². The van der Waals surface area contributed by atoms with Crippen LogP contribution in [-0.2, 0) is 12.8 Å². The Kier molecular flexibility index (Phi) is 5.96. The summed E-state index contributed by atoms with van der Waals surface area (Å²) in [5.74, 6) is 1.38. The molecule has 0 aliphatic heterocycles. The van der Waals surface area contributed by atoms with Crippen LogP contribution in [0.3, 0.4) is 0 Å². The molecule has 0 radical (unpaired) electrons. The number of nitrogens with two attached hydrogens (primary N) is 1. The van der Waals surface area contributed by atoms with Crippen molar-refractivity contribution in [2.24, 2.45) is 11.7 Å². The second-order valence-corrected chi connectivity index (χ2v) is 7.92. The second-order valence-electron chi connectivity index (χ2n) is 7.92. The SMILES string of the molecule is CCC(N)(CC)CCCC(c1ccccc1)C1Cc2ccccc2C1. The molecule has 0 heterocycles. The molecule has 1 unspecified atom stereocenters. The molecule has 0 aromatic heterocycles. The minimum Gasteiger partial charge on any atom is -0.325 e. The van der Waals surface area contributed by atoms with Gasteiger partial charge in [0.25, 0.3) is 0 Å². The Morgan fingerprint density at radius 1 is 0.920 bits per heavy atom. The highest BCUT2D eigenvalue weighted by Gasteiger charge is 2.30. The lowest BCUT2D eigenvalue weighted by atomic mass is 9.79. The maximum absolute atomic E-state index is 6.54. The number of fused-ring (bicyclic) bond motifs is 1. The Balaban J connectivity index is 1.71. The Bertz CT molecular complexity index is 632. The van der Waals surface area contributed by atoms with E-state index in [9.17, 15) is 0 Å². The lowest BCUT2D eigenvalue weighted by molar-refractivity contribution is 0.329. The van der Waals surface area contributed by atoms with Gasteiger partial charge in [0.05, 0.1) is 0 Å². The van der Waals surface area contributed by atoms with Crippen molar-refractivity contribution in [1.29, 1.82) is 0 Å². The van der Waals surface area contributed by atoms with Crippen LogP contribution in [0.1, 0.15) is 68.6 Å². The minimum atomic E-state index is 0.0277. The van der Waals surface area contributed by atoms with E-state index in [1.807, 2.05) is 0 Å². The number of hydrogen-bond donors (Lipinski definition) is 1. The Morgan fingerprint density at radius 2 is 1.48 bits per heavy atom. The second kappa shape index (κ2) is 8.19. The topological polar surface area (TPSA) is 26.0 Å². The van der Waals surface area contributed by atoms with E-state index in [1.165, 1.54) is 31.2 Å². The molecular formula is C24H33N. The summed E-state index contributed by atoms with van der Waals surface area (Å²) in [6.07, 6.45) is 8.23. The largest absolute Gasteiger partial charge is 0.325 e. The first kappa shape index (κ1) is 18.2. The van der Waals surface area contributed by atoms with Crippen LogP contribution in [0.4, 0.5) is 0 Å². The third-order valence-corrected chi connectivity index (χ3v) is 6.48. The van der Waals surface area contributed by atoms with Crippen LogP contribution in [0.25, 0.3) is 0 Å². The van der Waals surface area contributed by atoms with Gasteiger partial charge < -0.3 is 5.73 Å². The fourth-order valence-corrected chi connectivity index (χ4v) is 4.53. The normalized spacial score (nSPS) is 16.0. The van der Waals surface area contributed by atoms with Crippen molar-refractivity contribution in [3.8, 4) is 0 Å². The fraction of sp³-hybridized carbons (Fsp3) is 0.500. The molecular weight excluding hydrogens is 302 g/mol. The van der Waals surface area contributed by atoms with Crippen molar-refractivity contribution >= 4 is 0 Å². The monoisotopic (exact) mass is 335 g/mol. The summed E-state index contributed by atoms with van der Waals surface area (Å²) in [6.45, 7) is 4.46. The van der Waals surface area contributed by atoms with Crippen molar-refractivity contribution in [3.05, 3.63) is 71.3 Å². The molecule has 1 aliphatic rings. The fourth-order valence-electron chi connectivity index (χ4n) is 4.53. The molecule has 25 heavy (non-hydrogen) atoms. The predicted molar refractivity (Wildman–Crippen MR) is 108 cm³/mol.